The van der Waals surface area contributed by atoms with Crippen molar-refractivity contribution in [1.82, 2.24) is 10.6 Å². The average Bonchev–Trinajstić information content (AvgIpc) is 2.64. The van der Waals surface area contributed by atoms with Gasteiger partial charge in [0.1, 0.15) is 17.8 Å². The quantitative estimate of drug-likeness (QED) is 0.276. The molecule has 0 fully saturated rings. The molecule has 10 heteroatoms. The van der Waals surface area contributed by atoms with Gasteiger partial charge in [-0.1, -0.05) is 26.0 Å². The number of carbonyl (C=O) groups is 4. The Hall–Kier alpha value is -3.14. The second-order valence-electron chi connectivity index (χ2n) is 7.50. The molecule has 7 N–H and O–H groups in total. The van der Waals surface area contributed by atoms with Crippen LogP contribution in [0.25, 0.3) is 0 Å². The Balaban J connectivity index is 2.97. The minimum absolute atomic E-state index is 0.0253. The van der Waals surface area contributed by atoms with Crippen LogP contribution in [0.3, 0.4) is 0 Å². The highest BCUT2D eigenvalue weighted by Gasteiger charge is 2.28. The summed E-state index contributed by atoms with van der Waals surface area (Å²) in [7, 11) is 0. The lowest BCUT2D eigenvalue weighted by molar-refractivity contribution is -0.143. The summed E-state index contributed by atoms with van der Waals surface area (Å²) >= 11 is 0. The molecule has 1 aromatic rings. The first-order valence-electron chi connectivity index (χ1n) is 9.58. The molecule has 0 aliphatic rings. The molecule has 0 heterocycles. The number of carboxylic acid groups (broad SMARTS) is 2. The average molecular weight is 423 g/mol. The topological polar surface area (TPSA) is 179 Å². The van der Waals surface area contributed by atoms with Gasteiger partial charge in [-0.3, -0.25) is 14.4 Å². The third-order valence-electron chi connectivity index (χ3n) is 4.33. The molecule has 0 unspecified atom stereocenters. The van der Waals surface area contributed by atoms with Crippen molar-refractivity contribution in [3.05, 3.63) is 29.8 Å². The molecule has 166 valence electrons. The number of phenols is 1. The zero-order valence-corrected chi connectivity index (χ0v) is 17.0. The van der Waals surface area contributed by atoms with Crippen LogP contribution in [0.5, 0.6) is 5.75 Å². The summed E-state index contributed by atoms with van der Waals surface area (Å²) in [6, 6.07) is 2.57. The molecule has 1 aromatic carbocycles. The number of carbonyl (C=O) groups excluding carboxylic acids is 2. The van der Waals surface area contributed by atoms with E-state index in [2.05, 4.69) is 10.6 Å². The fourth-order valence-electron chi connectivity index (χ4n) is 2.77. The number of rotatable bonds is 12. The summed E-state index contributed by atoms with van der Waals surface area (Å²) in [4.78, 5) is 47.3. The van der Waals surface area contributed by atoms with Crippen molar-refractivity contribution >= 4 is 23.8 Å². The van der Waals surface area contributed by atoms with Crippen LogP contribution >= 0.6 is 0 Å². The Morgan fingerprint density at radius 2 is 1.53 bits per heavy atom. The number of nitrogens with one attached hydrogen (secondary N) is 2. The molecule has 0 aromatic heterocycles. The first kappa shape index (κ1) is 24.9. The van der Waals surface area contributed by atoms with E-state index in [0.717, 1.165) is 0 Å². The summed E-state index contributed by atoms with van der Waals surface area (Å²) < 4.78 is 0. The fraction of sp³-hybridized carbons (Fsp3) is 0.500. The predicted octanol–water partition coefficient (Wildman–Crippen LogP) is 0.227. The summed E-state index contributed by atoms with van der Waals surface area (Å²) in [6.07, 6.45) is -0.318. The van der Waals surface area contributed by atoms with Crippen molar-refractivity contribution in [2.75, 3.05) is 0 Å². The molecule has 0 aliphatic heterocycles. The standard InChI is InChI=1S/C20H29N3O7/c1-11(2)9-14(21)18(27)23-16(10-12-3-5-13(24)6-4-12)19(28)22-15(20(29)30)7-8-17(25)26/h3-6,11,14-16,24H,7-10,21H2,1-2H3,(H,22,28)(H,23,27)(H,25,26)(H,29,30)/t14-,15-,16-/m0/s1. The number of hydrogen-bond donors (Lipinski definition) is 6. The lowest BCUT2D eigenvalue weighted by Crippen LogP contribution is -2.55. The molecule has 1 rings (SSSR count). The maximum absolute atomic E-state index is 12.7. The van der Waals surface area contributed by atoms with E-state index in [1.54, 1.807) is 12.1 Å². The summed E-state index contributed by atoms with van der Waals surface area (Å²) in [5, 5.41) is 32.3. The minimum Gasteiger partial charge on any atom is -0.508 e. The second kappa shape index (κ2) is 11.8. The van der Waals surface area contributed by atoms with Crippen molar-refractivity contribution in [3.8, 4) is 5.75 Å². The van der Waals surface area contributed by atoms with Gasteiger partial charge in [-0.2, -0.15) is 0 Å². The van der Waals surface area contributed by atoms with E-state index in [0.29, 0.717) is 12.0 Å². The number of aromatic hydroxyl groups is 1. The molecule has 30 heavy (non-hydrogen) atoms. The van der Waals surface area contributed by atoms with Gasteiger partial charge in [0, 0.05) is 12.8 Å². The second-order valence-corrected chi connectivity index (χ2v) is 7.50. The summed E-state index contributed by atoms with van der Waals surface area (Å²) in [6.45, 7) is 3.79. The number of hydrogen-bond acceptors (Lipinski definition) is 6. The first-order valence-corrected chi connectivity index (χ1v) is 9.58. The van der Waals surface area contributed by atoms with E-state index in [4.69, 9.17) is 10.8 Å². The lowest BCUT2D eigenvalue weighted by atomic mass is 10.0. The van der Waals surface area contributed by atoms with E-state index in [9.17, 15) is 29.4 Å². The zero-order valence-electron chi connectivity index (χ0n) is 17.0. The lowest BCUT2D eigenvalue weighted by Gasteiger charge is -2.23. The van der Waals surface area contributed by atoms with Crippen LogP contribution in [0.15, 0.2) is 24.3 Å². The van der Waals surface area contributed by atoms with Crippen LogP contribution in [-0.2, 0) is 25.6 Å². The maximum Gasteiger partial charge on any atom is 0.326 e. The highest BCUT2D eigenvalue weighted by molar-refractivity contribution is 5.92. The largest absolute Gasteiger partial charge is 0.508 e. The zero-order chi connectivity index (χ0) is 22.8. The molecule has 0 spiro atoms. The van der Waals surface area contributed by atoms with E-state index in [1.807, 2.05) is 13.8 Å². The van der Waals surface area contributed by atoms with Gasteiger partial charge in [-0.25, -0.2) is 4.79 Å². The van der Waals surface area contributed by atoms with Crippen LogP contribution in [0.1, 0.15) is 38.7 Å². The first-order chi connectivity index (χ1) is 14.0. The van der Waals surface area contributed by atoms with Crippen molar-refractivity contribution in [2.45, 2.75) is 57.7 Å². The Kier molecular flexibility index (Phi) is 9.76. The molecule has 0 bridgehead atoms. The number of carboxylic acids is 2. The SMILES string of the molecule is CC(C)C[C@H](N)C(=O)N[C@@H](Cc1ccc(O)cc1)C(=O)N[C@@H](CCC(=O)O)C(=O)O. The summed E-state index contributed by atoms with van der Waals surface area (Å²) in [5.74, 6) is -3.71. The molecule has 3 atom stereocenters. The van der Waals surface area contributed by atoms with E-state index < -0.39 is 48.3 Å². The fourth-order valence-corrected chi connectivity index (χ4v) is 2.77. The van der Waals surface area contributed by atoms with Gasteiger partial charge in [-0.15, -0.1) is 0 Å². The van der Waals surface area contributed by atoms with Gasteiger partial charge in [0.25, 0.3) is 0 Å². The summed E-state index contributed by atoms with van der Waals surface area (Å²) in [5.41, 5.74) is 6.49. The molecule has 0 radical (unpaired) electrons. The maximum atomic E-state index is 12.7. The Morgan fingerprint density at radius 3 is 2.03 bits per heavy atom. The van der Waals surface area contributed by atoms with Gasteiger partial charge in [0.05, 0.1) is 6.04 Å². The van der Waals surface area contributed by atoms with E-state index in [1.165, 1.54) is 12.1 Å². The van der Waals surface area contributed by atoms with Crippen LogP contribution in [0.4, 0.5) is 0 Å². The van der Waals surface area contributed by atoms with Gasteiger partial charge < -0.3 is 31.7 Å². The highest BCUT2D eigenvalue weighted by atomic mass is 16.4. The van der Waals surface area contributed by atoms with E-state index >= 15 is 0 Å². The predicted molar refractivity (Wildman–Crippen MR) is 108 cm³/mol. The van der Waals surface area contributed by atoms with E-state index in [-0.39, 0.29) is 24.5 Å². The number of amides is 2. The Bertz CT molecular complexity index is 749. The van der Waals surface area contributed by atoms with Crippen LogP contribution in [0.2, 0.25) is 0 Å². The molecule has 0 aliphatic carbocycles. The molecule has 0 saturated carbocycles. The van der Waals surface area contributed by atoms with Crippen molar-refractivity contribution in [2.24, 2.45) is 11.7 Å². The Labute approximate surface area is 174 Å². The van der Waals surface area contributed by atoms with Crippen LogP contribution in [0, 0.1) is 5.92 Å². The van der Waals surface area contributed by atoms with Crippen molar-refractivity contribution in [3.63, 3.8) is 0 Å². The third-order valence-corrected chi connectivity index (χ3v) is 4.33. The number of nitrogens with two attached hydrogens (primary N) is 1. The van der Waals surface area contributed by atoms with Gasteiger partial charge in [-0.05, 0) is 36.5 Å². The number of phenolic OH excluding ortho intramolecular Hbond substituents is 1. The van der Waals surface area contributed by atoms with Crippen molar-refractivity contribution in [1.29, 1.82) is 0 Å². The smallest absolute Gasteiger partial charge is 0.326 e. The molecule has 0 saturated heterocycles. The van der Waals surface area contributed by atoms with Crippen molar-refractivity contribution < 1.29 is 34.5 Å². The monoisotopic (exact) mass is 423 g/mol. The number of benzene rings is 1. The Morgan fingerprint density at radius 1 is 0.967 bits per heavy atom. The molecular formula is C20H29N3O7. The normalized spacial score (nSPS) is 13.9. The third kappa shape index (κ3) is 8.91. The molecule has 2 amide bonds. The van der Waals surface area contributed by atoms with Crippen LogP contribution < -0.4 is 16.4 Å². The van der Waals surface area contributed by atoms with Gasteiger partial charge in [0.2, 0.25) is 11.8 Å². The molecule has 10 nitrogen and oxygen atoms in total. The molecular weight excluding hydrogens is 394 g/mol. The minimum atomic E-state index is -1.42. The highest BCUT2D eigenvalue weighted by Crippen LogP contribution is 2.12. The van der Waals surface area contributed by atoms with Gasteiger partial charge >= 0.3 is 11.9 Å². The van der Waals surface area contributed by atoms with Crippen LogP contribution in [-0.4, -0.2) is 57.2 Å². The van der Waals surface area contributed by atoms with Gasteiger partial charge in [0.15, 0.2) is 0 Å². The number of aliphatic carboxylic acids is 2.